The third-order valence-electron chi connectivity index (χ3n) is 2.44. The summed E-state index contributed by atoms with van der Waals surface area (Å²) < 4.78 is 10.8. The van der Waals surface area contributed by atoms with Crippen molar-refractivity contribution in [2.75, 3.05) is 25.7 Å². The molecule has 0 aliphatic heterocycles. The minimum absolute atomic E-state index is 0.148. The van der Waals surface area contributed by atoms with E-state index in [2.05, 4.69) is 40.2 Å². The molecule has 0 aromatic heterocycles. The fraction of sp³-hybridized carbons (Fsp3) is 0.538. The van der Waals surface area contributed by atoms with E-state index in [1.54, 1.807) is 7.11 Å². The van der Waals surface area contributed by atoms with Gasteiger partial charge in [-0.2, -0.15) is 0 Å². The summed E-state index contributed by atoms with van der Waals surface area (Å²) in [4.78, 5) is 0. The Balaban J connectivity index is 2.44. The first-order valence-electron chi connectivity index (χ1n) is 5.49. The Kier molecular flexibility index (Phi) is 6.69. The van der Waals surface area contributed by atoms with Gasteiger partial charge in [0, 0.05) is 18.4 Å². The molecule has 3 heteroatoms. The lowest BCUT2D eigenvalue weighted by atomic mass is 10.0. The summed E-state index contributed by atoms with van der Waals surface area (Å²) in [5.41, 5.74) is 1.31. The Morgan fingerprint density at radius 3 is 2.44 bits per heavy atom. The summed E-state index contributed by atoms with van der Waals surface area (Å²) >= 11 is 3.53. The average Bonchev–Trinajstić information content (AvgIpc) is 2.31. The number of halogens is 1. The highest BCUT2D eigenvalue weighted by Crippen LogP contribution is 2.18. The van der Waals surface area contributed by atoms with E-state index < -0.39 is 0 Å². The molecule has 1 aromatic rings. The highest BCUT2D eigenvalue weighted by Gasteiger charge is 2.11. The van der Waals surface area contributed by atoms with E-state index in [-0.39, 0.29) is 6.10 Å². The minimum Gasteiger partial charge on any atom is -0.382 e. The first-order chi connectivity index (χ1) is 7.77. The van der Waals surface area contributed by atoms with E-state index in [0.717, 1.165) is 11.9 Å². The van der Waals surface area contributed by atoms with Crippen LogP contribution in [0.3, 0.4) is 0 Å². The second-order valence-electron chi connectivity index (χ2n) is 3.86. The van der Waals surface area contributed by atoms with E-state index in [0.29, 0.717) is 12.5 Å². The van der Waals surface area contributed by atoms with Gasteiger partial charge >= 0.3 is 0 Å². The highest BCUT2D eigenvalue weighted by molar-refractivity contribution is 9.09. The van der Waals surface area contributed by atoms with Crippen LogP contribution in [-0.2, 0) is 9.47 Å². The lowest BCUT2D eigenvalue weighted by Gasteiger charge is -2.18. The molecule has 1 aromatic carbocycles. The molecule has 0 amide bonds. The fourth-order valence-corrected chi connectivity index (χ4v) is 2.08. The number of rotatable bonds is 7. The first-order valence-corrected chi connectivity index (χ1v) is 6.61. The highest BCUT2D eigenvalue weighted by atomic mass is 79.9. The van der Waals surface area contributed by atoms with Crippen LogP contribution >= 0.6 is 15.9 Å². The van der Waals surface area contributed by atoms with Crippen molar-refractivity contribution in [3.05, 3.63) is 35.9 Å². The third kappa shape index (κ3) is 4.64. The monoisotopic (exact) mass is 286 g/mol. The van der Waals surface area contributed by atoms with Crippen LogP contribution in [-0.4, -0.2) is 31.8 Å². The van der Waals surface area contributed by atoms with Gasteiger partial charge in [0.1, 0.15) is 0 Å². The molecular weight excluding hydrogens is 268 g/mol. The predicted octanol–water partition coefficient (Wildman–Crippen LogP) is 3.22. The van der Waals surface area contributed by atoms with E-state index in [1.807, 2.05) is 13.0 Å². The Hall–Kier alpha value is -0.380. The zero-order valence-electron chi connectivity index (χ0n) is 9.86. The van der Waals surface area contributed by atoms with Gasteiger partial charge in [-0.1, -0.05) is 46.3 Å². The molecule has 0 heterocycles. The van der Waals surface area contributed by atoms with Crippen molar-refractivity contribution in [2.45, 2.75) is 18.9 Å². The molecule has 0 spiro atoms. The molecule has 0 saturated carbocycles. The maximum Gasteiger partial charge on any atom is 0.0780 e. The van der Waals surface area contributed by atoms with Crippen molar-refractivity contribution in [2.24, 2.45) is 0 Å². The summed E-state index contributed by atoms with van der Waals surface area (Å²) in [7, 11) is 1.69. The molecule has 2 atom stereocenters. The normalized spacial score (nSPS) is 14.7. The Morgan fingerprint density at radius 2 is 1.88 bits per heavy atom. The van der Waals surface area contributed by atoms with Gasteiger partial charge in [-0.15, -0.1) is 0 Å². The second kappa shape index (κ2) is 7.82. The van der Waals surface area contributed by atoms with Gasteiger partial charge in [-0.25, -0.2) is 0 Å². The number of methoxy groups -OCH3 is 1. The lowest BCUT2D eigenvalue weighted by molar-refractivity contribution is 0.00487. The minimum atomic E-state index is 0.148. The molecular formula is C13H19BrO2. The Labute approximate surface area is 106 Å². The van der Waals surface area contributed by atoms with Gasteiger partial charge in [0.2, 0.25) is 0 Å². The van der Waals surface area contributed by atoms with Gasteiger partial charge in [0.25, 0.3) is 0 Å². The quantitative estimate of drug-likeness (QED) is 0.717. The van der Waals surface area contributed by atoms with Gasteiger partial charge < -0.3 is 9.47 Å². The van der Waals surface area contributed by atoms with Gasteiger partial charge in [0.05, 0.1) is 19.3 Å². The second-order valence-corrected chi connectivity index (χ2v) is 4.51. The van der Waals surface area contributed by atoms with Crippen LogP contribution in [0.15, 0.2) is 30.3 Å². The van der Waals surface area contributed by atoms with Crippen molar-refractivity contribution in [3.8, 4) is 0 Å². The maximum absolute atomic E-state index is 5.73. The van der Waals surface area contributed by atoms with Crippen molar-refractivity contribution < 1.29 is 9.47 Å². The topological polar surface area (TPSA) is 18.5 Å². The van der Waals surface area contributed by atoms with Crippen molar-refractivity contribution in [1.82, 2.24) is 0 Å². The predicted molar refractivity (Wildman–Crippen MR) is 70.3 cm³/mol. The van der Waals surface area contributed by atoms with Crippen LogP contribution in [0.4, 0.5) is 0 Å². The van der Waals surface area contributed by atoms with Crippen LogP contribution in [0.1, 0.15) is 18.4 Å². The standard InChI is InChI=1S/C13H19BrO2/c1-11(9-15-2)16-10-13(8-14)12-6-4-3-5-7-12/h3-7,11,13H,8-10H2,1-2H3. The summed E-state index contributed by atoms with van der Waals surface area (Å²) in [6, 6.07) is 10.4. The zero-order valence-corrected chi connectivity index (χ0v) is 11.4. The molecule has 0 radical (unpaired) electrons. The molecule has 16 heavy (non-hydrogen) atoms. The van der Waals surface area contributed by atoms with Crippen LogP contribution in [0.5, 0.6) is 0 Å². The first kappa shape index (κ1) is 13.7. The van der Waals surface area contributed by atoms with Crippen LogP contribution < -0.4 is 0 Å². The summed E-state index contributed by atoms with van der Waals surface area (Å²) in [6.07, 6.45) is 0.148. The summed E-state index contributed by atoms with van der Waals surface area (Å²) in [6.45, 7) is 3.39. The van der Waals surface area contributed by atoms with Gasteiger partial charge in [0.15, 0.2) is 0 Å². The van der Waals surface area contributed by atoms with Crippen LogP contribution in [0.2, 0.25) is 0 Å². The van der Waals surface area contributed by atoms with E-state index in [1.165, 1.54) is 5.56 Å². The molecule has 2 unspecified atom stereocenters. The molecule has 0 fully saturated rings. The molecule has 0 saturated heterocycles. The molecule has 0 N–H and O–H groups in total. The Morgan fingerprint density at radius 1 is 1.19 bits per heavy atom. The molecule has 1 rings (SSSR count). The van der Waals surface area contributed by atoms with Crippen LogP contribution in [0, 0.1) is 0 Å². The summed E-state index contributed by atoms with van der Waals surface area (Å²) in [5.74, 6) is 0.403. The molecule has 2 nitrogen and oxygen atoms in total. The fourth-order valence-electron chi connectivity index (χ4n) is 1.52. The number of benzene rings is 1. The van der Waals surface area contributed by atoms with E-state index in [4.69, 9.17) is 9.47 Å². The average molecular weight is 287 g/mol. The van der Waals surface area contributed by atoms with E-state index >= 15 is 0 Å². The van der Waals surface area contributed by atoms with Gasteiger partial charge in [-0.3, -0.25) is 0 Å². The van der Waals surface area contributed by atoms with Crippen molar-refractivity contribution in [3.63, 3.8) is 0 Å². The molecule has 0 aliphatic rings. The molecule has 0 aliphatic carbocycles. The van der Waals surface area contributed by atoms with Crippen molar-refractivity contribution >= 4 is 15.9 Å². The maximum atomic E-state index is 5.73. The zero-order chi connectivity index (χ0) is 11.8. The molecule has 0 bridgehead atoms. The third-order valence-corrected chi connectivity index (χ3v) is 3.22. The van der Waals surface area contributed by atoms with Gasteiger partial charge in [-0.05, 0) is 12.5 Å². The number of hydrogen-bond acceptors (Lipinski definition) is 2. The Bertz CT molecular complexity index is 277. The van der Waals surface area contributed by atoms with E-state index in [9.17, 15) is 0 Å². The smallest absolute Gasteiger partial charge is 0.0780 e. The lowest BCUT2D eigenvalue weighted by Crippen LogP contribution is -2.19. The van der Waals surface area contributed by atoms with Crippen molar-refractivity contribution in [1.29, 1.82) is 0 Å². The SMILES string of the molecule is COCC(C)OCC(CBr)c1ccccc1. The number of alkyl halides is 1. The largest absolute Gasteiger partial charge is 0.382 e. The number of hydrogen-bond donors (Lipinski definition) is 0. The number of ether oxygens (including phenoxy) is 2. The summed E-state index contributed by atoms with van der Waals surface area (Å²) in [5, 5.41) is 0.913. The molecule has 90 valence electrons. The van der Waals surface area contributed by atoms with Crippen LogP contribution in [0.25, 0.3) is 0 Å².